The van der Waals surface area contributed by atoms with Crippen molar-refractivity contribution >= 4 is 66.5 Å². The van der Waals surface area contributed by atoms with E-state index in [9.17, 15) is 36.7 Å². The smallest absolute Gasteiger partial charge is 0.356 e. The van der Waals surface area contributed by atoms with Gasteiger partial charge in [0.25, 0.3) is 0 Å². The second kappa shape index (κ2) is 53.7. The van der Waals surface area contributed by atoms with Crippen LogP contribution in [-0.4, -0.2) is 95.5 Å². The Hall–Kier alpha value is -10.5. The van der Waals surface area contributed by atoms with Crippen molar-refractivity contribution < 1.29 is 158 Å². The van der Waals surface area contributed by atoms with Gasteiger partial charge >= 0.3 is 11.9 Å². The minimum Gasteiger partial charge on any atom is -0.512 e. The zero-order valence-electron chi connectivity index (χ0n) is 64.1. The molecule has 0 spiro atoms. The number of allylic oxidation sites excluding steroid dienone is 4. The fourth-order valence-corrected chi connectivity index (χ4v) is 10.9. The maximum Gasteiger partial charge on any atom is 0.356 e. The molecule has 0 aliphatic heterocycles. The van der Waals surface area contributed by atoms with E-state index < -0.39 is 35.2 Å². The van der Waals surface area contributed by atoms with Crippen molar-refractivity contribution in [2.75, 3.05) is 7.05 Å². The van der Waals surface area contributed by atoms with E-state index >= 15 is 0 Å². The molecule has 7 aromatic carbocycles. The first kappa shape index (κ1) is 103. The number of nitrogens with one attached hydrogen (secondary N) is 1. The number of carboxylic acids is 2. The fraction of sp³-hybridized carbons (Fsp3) is 0.112. The van der Waals surface area contributed by atoms with Crippen LogP contribution < -0.4 is 5.32 Å². The molecule has 0 amide bonds. The van der Waals surface area contributed by atoms with E-state index in [1.807, 2.05) is 141 Å². The number of aromatic carboxylic acids is 2. The predicted molar refractivity (Wildman–Crippen MR) is 429 cm³/mol. The van der Waals surface area contributed by atoms with Crippen molar-refractivity contribution in [1.82, 2.24) is 49.8 Å². The molecule has 0 aliphatic rings. The van der Waals surface area contributed by atoms with E-state index in [-0.39, 0.29) is 146 Å². The topological polar surface area (TPSA) is 261 Å². The van der Waals surface area contributed by atoms with Crippen LogP contribution in [0.2, 0.25) is 0 Å². The SMILES string of the molecule is CC(=O)C=C(C)O.CC(=O)C=C(C)O.CNCc1ccnc(-c2[c-]cc(F)cc2F)c1.Cc1cc(C(=O)O)nn1C.Cc1cc(C(=O)O)nn1C.Fc1c[c-]c(-c2ccccn2)c(F)c1.[Ir].[Ir].[Ir].[Ir].[Ir].[c-]1c(-c2ccccn2)sc2ccccc12.[c-]1ccccc1-c1nccc2ccccc12.[c-]1ccccc1-c1nccc2ccccc12. The molecule has 0 saturated carbocycles. The Morgan fingerprint density at radius 3 is 1.24 bits per heavy atom. The van der Waals surface area contributed by atoms with E-state index in [1.165, 1.54) is 93.0 Å². The van der Waals surface area contributed by atoms with Gasteiger partial charge in [0.2, 0.25) is 0 Å². The molecule has 0 saturated heterocycles. The summed E-state index contributed by atoms with van der Waals surface area (Å²) >= 11 is 1.73. The number of halogens is 4. The number of rotatable bonds is 11. The number of carbonyl (C=O) groups excluding carboxylic acids is 2. The summed E-state index contributed by atoms with van der Waals surface area (Å²) in [5, 5.41) is 50.0. The van der Waals surface area contributed by atoms with Gasteiger partial charge in [-0.1, -0.05) is 114 Å². The van der Waals surface area contributed by atoms with E-state index in [0.29, 0.717) is 17.9 Å². The molecule has 8 aromatic heterocycles. The average molecular weight is 2480 g/mol. The number of aliphatic hydroxyl groups is 2. The molecule has 18 nitrogen and oxygen atoms in total. The number of nitrogens with zero attached hydrogens (tertiary/aromatic N) is 9. The van der Waals surface area contributed by atoms with Gasteiger partial charge in [-0.05, 0) is 151 Å². The number of pyridine rings is 5. The first-order valence-electron chi connectivity index (χ1n) is 34.2. The number of aryl methyl sites for hydroxylation is 4. The van der Waals surface area contributed by atoms with Gasteiger partial charge in [0.1, 0.15) is 0 Å². The second-order valence-electron chi connectivity index (χ2n) is 23.9. The summed E-state index contributed by atoms with van der Waals surface area (Å²) in [5.74, 6) is -4.67. The number of benzene rings is 7. The summed E-state index contributed by atoms with van der Waals surface area (Å²) in [4.78, 5) is 62.9. The summed E-state index contributed by atoms with van der Waals surface area (Å²) in [6.45, 7) is 9.97. The molecular formula is C89H77F4Ir5N10O8S-5. The standard InChI is InChI=1S/2C15H10N.C13H11F2N2.C13H8NS.C11H6F2N.2C6H8N2O2.2C5H8O2.5Ir/c2*1-2-7-13(8-3-1)15-14-9-5-4-6-12(14)10-11-16-15;1-16-8-9-4-5-17-13(6-9)11-3-2-10(14)7-12(11)15;1-2-7-12-10(5-1)9-13(15-12)11-6-3-4-8-14-11;12-8-4-5-9(10(13)7-8)11-3-1-2-6-14-11;2*1-4-3-5(6(9)10)7-8(4)2;2*1-4(6)3-5(2)7;;;;;/h2*1-7,9-11H;2,4-7,16H,8H2,1H3;1-8H;1-4,6-7H;2*3H,1-2H3,(H,9,10);2*3,6H,1-2H3;;;;;/q5*-1;;;;;;;;;. The number of fused-ring (bicyclic) bond motifs is 3. The van der Waals surface area contributed by atoms with Crippen LogP contribution in [0.15, 0.2) is 273 Å². The van der Waals surface area contributed by atoms with Gasteiger partial charge < -0.3 is 50.7 Å². The number of carbonyl (C=O) groups is 4. The molecule has 28 heteroatoms. The van der Waals surface area contributed by atoms with E-state index in [1.54, 1.807) is 75.9 Å². The normalized spacial score (nSPS) is 10.0. The summed E-state index contributed by atoms with van der Waals surface area (Å²) in [5.41, 5.74) is 9.22. The fourth-order valence-electron chi connectivity index (χ4n) is 9.92. The van der Waals surface area contributed by atoms with Crippen LogP contribution in [0.25, 0.3) is 87.2 Å². The number of ketones is 2. The molecule has 0 aliphatic carbocycles. The van der Waals surface area contributed by atoms with Gasteiger partial charge in [-0.2, -0.15) is 10.2 Å². The Labute approximate surface area is 747 Å². The van der Waals surface area contributed by atoms with Crippen LogP contribution in [0.4, 0.5) is 17.6 Å². The van der Waals surface area contributed by atoms with Crippen LogP contribution >= 0.6 is 11.3 Å². The quantitative estimate of drug-likeness (QED) is 0.0349. The van der Waals surface area contributed by atoms with Crippen LogP contribution in [0.1, 0.15) is 65.6 Å². The summed E-state index contributed by atoms with van der Waals surface area (Å²) in [7, 11) is 5.24. The van der Waals surface area contributed by atoms with Gasteiger partial charge in [-0.25, -0.2) is 20.9 Å². The Morgan fingerprint density at radius 1 is 0.462 bits per heavy atom. The van der Waals surface area contributed by atoms with Gasteiger partial charge in [0, 0.05) is 205 Å². The molecular weight excluding hydrogens is 2410 g/mol. The molecule has 117 heavy (non-hydrogen) atoms. The third-order valence-corrected chi connectivity index (χ3v) is 16.2. The summed E-state index contributed by atoms with van der Waals surface area (Å²) in [6, 6.07) is 81.2. The van der Waals surface area contributed by atoms with Crippen LogP contribution in [0, 0.1) is 67.4 Å². The van der Waals surface area contributed by atoms with Crippen LogP contribution in [0.5, 0.6) is 0 Å². The third-order valence-electron chi connectivity index (χ3n) is 15.1. The Bertz CT molecular complexity index is 5370. The number of aromatic nitrogens is 9. The first-order valence-corrected chi connectivity index (χ1v) is 35.0. The molecule has 8 heterocycles. The average Bonchev–Trinajstić information content (AvgIpc) is 1.80. The predicted octanol–water partition coefficient (Wildman–Crippen LogP) is 19.5. The zero-order valence-corrected chi connectivity index (χ0v) is 76.9. The molecule has 615 valence electrons. The zero-order chi connectivity index (χ0) is 81.1. The largest absolute Gasteiger partial charge is 0.512 e. The minimum atomic E-state index is -0.983. The monoisotopic (exact) mass is 2490 g/mol. The molecule has 5 radical (unpaired) electrons. The Morgan fingerprint density at radius 2 is 0.872 bits per heavy atom. The molecule has 15 aromatic rings. The van der Waals surface area contributed by atoms with Gasteiger partial charge in [-0.3, -0.25) is 36.5 Å². The Kier molecular flexibility index (Phi) is 47.0. The molecule has 0 unspecified atom stereocenters. The van der Waals surface area contributed by atoms with Gasteiger partial charge in [0.05, 0.1) is 11.5 Å². The molecule has 0 bridgehead atoms. The van der Waals surface area contributed by atoms with Gasteiger partial charge in [-0.15, -0.1) is 120 Å². The number of hydrogen-bond donors (Lipinski definition) is 5. The maximum atomic E-state index is 13.5. The van der Waals surface area contributed by atoms with E-state index in [2.05, 4.69) is 113 Å². The third kappa shape index (κ3) is 34.3. The molecule has 5 N–H and O–H groups in total. The van der Waals surface area contributed by atoms with Crippen molar-refractivity contribution in [2.45, 2.75) is 48.1 Å². The second-order valence-corrected chi connectivity index (χ2v) is 25.0. The molecule has 0 fully saturated rings. The summed E-state index contributed by atoms with van der Waals surface area (Å²) < 4.78 is 56.4. The minimum absolute atomic E-state index is 0. The van der Waals surface area contributed by atoms with E-state index in [4.69, 9.17) is 20.4 Å². The van der Waals surface area contributed by atoms with Crippen molar-refractivity contribution in [3.63, 3.8) is 0 Å². The number of aliphatic hydroxyl groups excluding tert-OH is 2. The number of carboxylic acid groups (broad SMARTS) is 2. The summed E-state index contributed by atoms with van der Waals surface area (Å²) in [6.07, 6.45) is 11.0. The van der Waals surface area contributed by atoms with Crippen molar-refractivity contribution in [1.29, 1.82) is 0 Å². The van der Waals surface area contributed by atoms with Gasteiger partial charge in [0.15, 0.2) is 23.0 Å². The molecule has 15 rings (SSSR count). The van der Waals surface area contributed by atoms with Crippen LogP contribution in [-0.2, 0) is 131 Å². The maximum absolute atomic E-state index is 13.5. The Balaban J connectivity index is 0.000000450. The number of hydrogen-bond acceptors (Lipinski definition) is 15. The van der Waals surface area contributed by atoms with Crippen LogP contribution in [0.3, 0.4) is 0 Å². The van der Waals surface area contributed by atoms with Crippen molar-refractivity contribution in [2.24, 2.45) is 14.1 Å². The van der Waals surface area contributed by atoms with Crippen molar-refractivity contribution in [3.05, 3.63) is 355 Å². The molecule has 0 atom stereocenters. The van der Waals surface area contributed by atoms with Crippen molar-refractivity contribution in [3.8, 4) is 55.6 Å². The first-order chi connectivity index (χ1) is 53.8. The number of thiophene rings is 1. The van der Waals surface area contributed by atoms with E-state index in [0.717, 1.165) is 74.3 Å².